The molecule has 1 aromatic carbocycles. The third-order valence-corrected chi connectivity index (χ3v) is 11.8. The van der Waals surface area contributed by atoms with Gasteiger partial charge < -0.3 is 4.90 Å². The second kappa shape index (κ2) is 8.38. The molecule has 1 aliphatic carbocycles. The minimum atomic E-state index is -3.90. The highest BCUT2D eigenvalue weighted by molar-refractivity contribution is 7.96. The van der Waals surface area contributed by atoms with Crippen molar-refractivity contribution < 1.29 is 16.8 Å². The number of benzene rings is 1. The maximum Gasteiger partial charge on any atom is 0.271 e. The molecule has 0 bridgehead atoms. The third kappa shape index (κ3) is 4.48. The number of nitrogens with zero attached hydrogens (tertiary/aromatic N) is 2. The molecule has 1 saturated carbocycles. The van der Waals surface area contributed by atoms with Gasteiger partial charge in [-0.1, -0.05) is 25.0 Å². The summed E-state index contributed by atoms with van der Waals surface area (Å²) in [4.78, 5) is 2.26. The first-order valence-corrected chi connectivity index (χ1v) is 14.3. The Kier molecular flexibility index (Phi) is 6.10. The third-order valence-electron chi connectivity index (χ3n) is 6.53. The zero-order valence-corrected chi connectivity index (χ0v) is 20.3. The largest absolute Gasteiger partial charge is 0.370 e. The minimum absolute atomic E-state index is 0.00375. The lowest BCUT2D eigenvalue weighted by atomic mass is 9.77. The minimum Gasteiger partial charge on any atom is -0.370 e. The van der Waals surface area contributed by atoms with Crippen molar-refractivity contribution in [1.82, 2.24) is 4.31 Å². The molecule has 1 N–H and O–H groups in total. The van der Waals surface area contributed by atoms with E-state index in [1.165, 1.54) is 51.9 Å². The van der Waals surface area contributed by atoms with E-state index < -0.39 is 20.0 Å². The van der Waals surface area contributed by atoms with Gasteiger partial charge in [-0.25, -0.2) is 21.1 Å². The monoisotopic (exact) mass is 483 g/mol. The molecular formula is C21H29N3O4S3. The molecule has 2 heterocycles. The van der Waals surface area contributed by atoms with Crippen LogP contribution in [-0.2, 0) is 20.0 Å². The molecule has 10 heteroatoms. The molecule has 1 spiro atoms. The van der Waals surface area contributed by atoms with Crippen LogP contribution in [0.1, 0.15) is 38.5 Å². The van der Waals surface area contributed by atoms with E-state index in [2.05, 4.69) is 9.62 Å². The van der Waals surface area contributed by atoms with Gasteiger partial charge in [0.15, 0.2) is 0 Å². The zero-order chi connectivity index (χ0) is 22.3. The van der Waals surface area contributed by atoms with Crippen LogP contribution in [0.15, 0.2) is 44.8 Å². The summed E-state index contributed by atoms with van der Waals surface area (Å²) in [5.74, 6) is 0. The number of piperidine rings is 1. The average Bonchev–Trinajstić information content (AvgIpc) is 3.40. The van der Waals surface area contributed by atoms with E-state index in [1.807, 2.05) is 12.1 Å². The molecule has 170 valence electrons. The Hall–Kier alpha value is -1.62. The predicted octanol–water partition coefficient (Wildman–Crippen LogP) is 3.96. The summed E-state index contributed by atoms with van der Waals surface area (Å²) < 4.78 is 54.4. The molecule has 1 aromatic heterocycles. The van der Waals surface area contributed by atoms with Crippen LogP contribution in [0.4, 0.5) is 11.4 Å². The molecule has 0 amide bonds. The summed E-state index contributed by atoms with van der Waals surface area (Å²) in [5, 5.41) is 0. The number of thiophene rings is 1. The van der Waals surface area contributed by atoms with Crippen molar-refractivity contribution in [3.05, 3.63) is 36.4 Å². The quantitative estimate of drug-likeness (QED) is 0.672. The van der Waals surface area contributed by atoms with Crippen LogP contribution in [0, 0.1) is 5.41 Å². The van der Waals surface area contributed by atoms with E-state index in [0.717, 1.165) is 47.3 Å². The van der Waals surface area contributed by atoms with E-state index in [1.54, 1.807) is 12.1 Å². The maximum absolute atomic E-state index is 13.0. The SMILES string of the molecule is CN(C)S(=O)(=O)c1ccc(S(=O)(=O)Nc2ccccc2N2CCC3(CCCC3)CC2)s1. The Balaban J connectivity index is 1.54. The second-order valence-electron chi connectivity index (χ2n) is 8.68. The van der Waals surface area contributed by atoms with Gasteiger partial charge >= 0.3 is 0 Å². The van der Waals surface area contributed by atoms with Crippen molar-refractivity contribution >= 4 is 42.8 Å². The molecule has 0 atom stereocenters. The zero-order valence-electron chi connectivity index (χ0n) is 17.9. The first-order valence-electron chi connectivity index (χ1n) is 10.5. The second-order valence-corrected chi connectivity index (χ2v) is 14.0. The van der Waals surface area contributed by atoms with Crippen LogP contribution < -0.4 is 9.62 Å². The lowest BCUT2D eigenvalue weighted by Gasteiger charge is -2.41. The number of hydrogen-bond acceptors (Lipinski definition) is 6. The van der Waals surface area contributed by atoms with Gasteiger partial charge in [0.05, 0.1) is 11.4 Å². The summed E-state index contributed by atoms with van der Waals surface area (Å²) in [6, 6.07) is 10.1. The highest BCUT2D eigenvalue weighted by Crippen LogP contribution is 2.47. The fourth-order valence-electron chi connectivity index (χ4n) is 4.64. The van der Waals surface area contributed by atoms with E-state index >= 15 is 0 Å². The molecule has 1 saturated heterocycles. The molecule has 0 radical (unpaired) electrons. The number of hydrogen-bond donors (Lipinski definition) is 1. The van der Waals surface area contributed by atoms with Crippen molar-refractivity contribution in [3.63, 3.8) is 0 Å². The van der Waals surface area contributed by atoms with E-state index in [-0.39, 0.29) is 8.42 Å². The summed E-state index contributed by atoms with van der Waals surface area (Å²) >= 11 is 0.755. The van der Waals surface area contributed by atoms with Gasteiger partial charge in [0, 0.05) is 27.2 Å². The lowest BCUT2D eigenvalue weighted by Crippen LogP contribution is -2.39. The smallest absolute Gasteiger partial charge is 0.271 e. The molecule has 2 fully saturated rings. The molecule has 1 aliphatic heterocycles. The molecule has 0 unspecified atom stereocenters. The molecule has 7 nitrogen and oxygen atoms in total. The van der Waals surface area contributed by atoms with Crippen molar-refractivity contribution in [2.45, 2.75) is 46.9 Å². The fourth-order valence-corrected chi connectivity index (χ4v) is 8.65. The van der Waals surface area contributed by atoms with Crippen LogP contribution in [0.2, 0.25) is 0 Å². The Bertz CT molecular complexity index is 1140. The summed E-state index contributed by atoms with van der Waals surface area (Å²) in [7, 11) is -4.73. The number of rotatable bonds is 6. The molecule has 2 aliphatic rings. The Morgan fingerprint density at radius 1 is 0.903 bits per heavy atom. The molecule has 31 heavy (non-hydrogen) atoms. The van der Waals surface area contributed by atoms with Gasteiger partial charge in [-0.3, -0.25) is 4.72 Å². The van der Waals surface area contributed by atoms with Crippen LogP contribution in [-0.4, -0.2) is 48.3 Å². The highest BCUT2D eigenvalue weighted by Gasteiger charge is 2.37. The standard InChI is InChI=1S/C21H29N3O4S3/c1-23(2)31(27,28)20-10-9-19(29-20)30(25,26)22-17-7-3-4-8-18(17)24-15-13-21(14-16-24)11-5-6-12-21/h3-4,7-10,22H,5-6,11-16H2,1-2H3. The Morgan fingerprint density at radius 3 is 2.16 bits per heavy atom. The van der Waals surface area contributed by atoms with Crippen LogP contribution in [0.3, 0.4) is 0 Å². The topological polar surface area (TPSA) is 86.8 Å². The summed E-state index contributed by atoms with van der Waals surface area (Å²) in [5.41, 5.74) is 1.88. The van der Waals surface area contributed by atoms with Gasteiger partial charge in [0.25, 0.3) is 20.0 Å². The number of para-hydroxylation sites is 2. The average molecular weight is 484 g/mol. The molecular weight excluding hydrogens is 454 g/mol. The summed E-state index contributed by atoms with van der Waals surface area (Å²) in [6.07, 6.45) is 7.55. The molecule has 2 aromatic rings. The number of nitrogens with one attached hydrogen (secondary N) is 1. The lowest BCUT2D eigenvalue weighted by molar-refractivity contribution is 0.226. The predicted molar refractivity (Wildman–Crippen MR) is 125 cm³/mol. The first-order chi connectivity index (χ1) is 14.6. The number of sulfonamides is 2. The number of anilines is 2. The van der Waals surface area contributed by atoms with Gasteiger partial charge in [-0.05, 0) is 55.4 Å². The maximum atomic E-state index is 13.0. The first kappa shape index (κ1) is 22.6. The van der Waals surface area contributed by atoms with Gasteiger partial charge in [0.1, 0.15) is 8.42 Å². The van der Waals surface area contributed by atoms with Crippen LogP contribution in [0.5, 0.6) is 0 Å². The normalized spacial score (nSPS) is 19.3. The van der Waals surface area contributed by atoms with Crippen molar-refractivity contribution in [3.8, 4) is 0 Å². The fraction of sp³-hybridized carbons (Fsp3) is 0.524. The van der Waals surface area contributed by atoms with Gasteiger partial charge in [0.2, 0.25) is 0 Å². The van der Waals surface area contributed by atoms with Crippen molar-refractivity contribution in [2.75, 3.05) is 36.8 Å². The summed E-state index contributed by atoms with van der Waals surface area (Å²) in [6.45, 7) is 1.84. The van der Waals surface area contributed by atoms with Crippen molar-refractivity contribution in [2.24, 2.45) is 5.41 Å². The van der Waals surface area contributed by atoms with E-state index in [0.29, 0.717) is 11.1 Å². The van der Waals surface area contributed by atoms with Gasteiger partial charge in [-0.15, -0.1) is 11.3 Å². The van der Waals surface area contributed by atoms with E-state index in [4.69, 9.17) is 0 Å². The van der Waals surface area contributed by atoms with Gasteiger partial charge in [-0.2, -0.15) is 0 Å². The Morgan fingerprint density at radius 2 is 1.52 bits per heavy atom. The van der Waals surface area contributed by atoms with Crippen molar-refractivity contribution in [1.29, 1.82) is 0 Å². The Labute approximate surface area is 189 Å². The van der Waals surface area contributed by atoms with E-state index in [9.17, 15) is 16.8 Å². The molecule has 4 rings (SSSR count). The highest BCUT2D eigenvalue weighted by atomic mass is 32.3. The van der Waals surface area contributed by atoms with Crippen LogP contribution >= 0.6 is 11.3 Å². The van der Waals surface area contributed by atoms with Crippen LogP contribution in [0.25, 0.3) is 0 Å².